The number of methoxy groups -OCH3 is 1. The van der Waals surface area contributed by atoms with Gasteiger partial charge in [0.1, 0.15) is 0 Å². The summed E-state index contributed by atoms with van der Waals surface area (Å²) >= 11 is 0. The van der Waals surface area contributed by atoms with E-state index < -0.39 is 10.0 Å². The second kappa shape index (κ2) is 11.4. The van der Waals surface area contributed by atoms with Gasteiger partial charge in [0, 0.05) is 26.2 Å². The average molecular weight is 394 g/mol. The molecule has 1 unspecified atom stereocenters. The predicted molar refractivity (Wildman–Crippen MR) is 101 cm³/mol. The first-order chi connectivity index (χ1) is 11.3. The zero-order valence-corrected chi connectivity index (χ0v) is 16.5. The number of hydrogen-bond acceptors (Lipinski definition) is 5. The Hall–Kier alpha value is -1.19. The van der Waals surface area contributed by atoms with Crippen LogP contribution < -0.4 is 15.8 Å². The molecule has 1 atom stereocenters. The van der Waals surface area contributed by atoms with Crippen LogP contribution in [0.4, 0.5) is 0 Å². The van der Waals surface area contributed by atoms with E-state index in [-0.39, 0.29) is 55.7 Å². The van der Waals surface area contributed by atoms with Gasteiger partial charge < -0.3 is 15.8 Å². The lowest BCUT2D eigenvalue weighted by Gasteiger charge is -2.15. The molecule has 0 aliphatic carbocycles. The third-order valence-corrected chi connectivity index (χ3v) is 4.89. The maximum atomic E-state index is 12.1. The minimum atomic E-state index is -3.42. The molecule has 7 nitrogen and oxygen atoms in total. The van der Waals surface area contributed by atoms with E-state index in [0.717, 1.165) is 5.56 Å². The number of sulfonamides is 1. The number of benzene rings is 1. The smallest absolute Gasteiger partial charge is 0.222 e. The SMILES string of the molecule is COC(CN)CC(=O)NCc1ccccc1CS(=O)(=O)NC(C)C.Cl. The number of carbonyl (C=O) groups is 1. The van der Waals surface area contributed by atoms with Crippen molar-refractivity contribution in [2.45, 2.75) is 44.7 Å². The highest BCUT2D eigenvalue weighted by molar-refractivity contribution is 7.88. The molecule has 0 bridgehead atoms. The average Bonchev–Trinajstić information content (AvgIpc) is 2.50. The van der Waals surface area contributed by atoms with E-state index in [1.54, 1.807) is 32.0 Å². The standard InChI is InChI=1S/C16H27N3O4S.ClH/c1-12(2)19-24(21,22)11-14-7-5-4-6-13(14)10-18-16(20)8-15(9-17)23-3;/h4-7,12,15,19H,8-11,17H2,1-3H3,(H,18,20);1H. The quantitative estimate of drug-likeness (QED) is 0.547. The van der Waals surface area contributed by atoms with Crippen LogP contribution in [0.15, 0.2) is 24.3 Å². The van der Waals surface area contributed by atoms with Gasteiger partial charge in [-0.3, -0.25) is 4.79 Å². The molecule has 4 N–H and O–H groups in total. The topological polar surface area (TPSA) is 111 Å². The Morgan fingerprint density at radius 2 is 1.84 bits per heavy atom. The molecule has 0 radical (unpaired) electrons. The molecule has 144 valence electrons. The van der Waals surface area contributed by atoms with Crippen LogP contribution in [0, 0.1) is 0 Å². The van der Waals surface area contributed by atoms with Crippen molar-refractivity contribution in [1.82, 2.24) is 10.0 Å². The first-order valence-electron chi connectivity index (χ1n) is 7.83. The Bertz CT molecular complexity index is 634. The van der Waals surface area contributed by atoms with Gasteiger partial charge in [0.2, 0.25) is 15.9 Å². The number of rotatable bonds is 10. The largest absolute Gasteiger partial charge is 0.380 e. The van der Waals surface area contributed by atoms with Gasteiger partial charge in [0.15, 0.2) is 0 Å². The summed E-state index contributed by atoms with van der Waals surface area (Å²) in [6, 6.07) is 6.98. The van der Waals surface area contributed by atoms with Crippen molar-refractivity contribution in [3.05, 3.63) is 35.4 Å². The molecule has 0 aliphatic rings. The monoisotopic (exact) mass is 393 g/mol. The Labute approximate surface area is 156 Å². The highest BCUT2D eigenvalue weighted by atomic mass is 35.5. The summed E-state index contributed by atoms with van der Waals surface area (Å²) < 4.78 is 31.8. The van der Waals surface area contributed by atoms with Gasteiger partial charge in [0.25, 0.3) is 0 Å². The van der Waals surface area contributed by atoms with Crippen molar-refractivity contribution in [3.8, 4) is 0 Å². The molecule has 1 aromatic carbocycles. The summed E-state index contributed by atoms with van der Waals surface area (Å²) in [5.74, 6) is -0.314. The van der Waals surface area contributed by atoms with Gasteiger partial charge in [-0.25, -0.2) is 13.1 Å². The van der Waals surface area contributed by atoms with E-state index in [4.69, 9.17) is 10.5 Å². The van der Waals surface area contributed by atoms with E-state index >= 15 is 0 Å². The van der Waals surface area contributed by atoms with Crippen molar-refractivity contribution in [1.29, 1.82) is 0 Å². The molecular weight excluding hydrogens is 366 g/mol. The third kappa shape index (κ3) is 9.18. The van der Waals surface area contributed by atoms with Gasteiger partial charge in [-0.05, 0) is 25.0 Å². The summed E-state index contributed by atoms with van der Waals surface area (Å²) in [5, 5.41) is 2.78. The molecule has 1 rings (SSSR count). The molecule has 0 aromatic heterocycles. The molecule has 0 aliphatic heterocycles. The minimum Gasteiger partial charge on any atom is -0.380 e. The van der Waals surface area contributed by atoms with Crippen molar-refractivity contribution in [3.63, 3.8) is 0 Å². The first-order valence-corrected chi connectivity index (χ1v) is 9.49. The second-order valence-corrected chi connectivity index (χ2v) is 7.63. The first kappa shape index (κ1) is 23.8. The number of nitrogens with two attached hydrogens (primary N) is 1. The van der Waals surface area contributed by atoms with Crippen molar-refractivity contribution in [2.75, 3.05) is 13.7 Å². The van der Waals surface area contributed by atoms with Crippen LogP contribution in [0.25, 0.3) is 0 Å². The molecule has 0 saturated carbocycles. The lowest BCUT2D eigenvalue weighted by atomic mass is 10.1. The van der Waals surface area contributed by atoms with Crippen LogP contribution in [0.2, 0.25) is 0 Å². The van der Waals surface area contributed by atoms with E-state index in [2.05, 4.69) is 10.0 Å². The number of carbonyl (C=O) groups excluding carboxylic acids is 1. The van der Waals surface area contributed by atoms with Crippen molar-refractivity contribution >= 4 is 28.3 Å². The lowest BCUT2D eigenvalue weighted by molar-refractivity contribution is -0.123. The molecule has 0 heterocycles. The zero-order valence-electron chi connectivity index (χ0n) is 14.8. The lowest BCUT2D eigenvalue weighted by Crippen LogP contribution is -2.33. The summed E-state index contributed by atoms with van der Waals surface area (Å²) in [6.45, 7) is 4.06. The Balaban J connectivity index is 0.00000576. The molecule has 0 fully saturated rings. The molecule has 1 aromatic rings. The fraction of sp³-hybridized carbons (Fsp3) is 0.562. The Kier molecular flexibility index (Phi) is 10.9. The number of hydrogen-bond donors (Lipinski definition) is 3. The van der Waals surface area contributed by atoms with E-state index in [1.807, 2.05) is 6.07 Å². The van der Waals surface area contributed by atoms with Crippen molar-refractivity contribution in [2.24, 2.45) is 5.73 Å². The second-order valence-electron chi connectivity index (χ2n) is 5.87. The van der Waals surface area contributed by atoms with Gasteiger partial charge >= 0.3 is 0 Å². The normalized spacial score (nSPS) is 12.5. The maximum Gasteiger partial charge on any atom is 0.222 e. The highest BCUT2D eigenvalue weighted by Crippen LogP contribution is 2.12. The summed E-state index contributed by atoms with van der Waals surface area (Å²) in [6.07, 6.45) is -0.154. The van der Waals surface area contributed by atoms with Crippen LogP contribution in [-0.4, -0.2) is 40.1 Å². The van der Waals surface area contributed by atoms with E-state index in [1.165, 1.54) is 7.11 Å². The van der Waals surface area contributed by atoms with Crippen LogP contribution in [-0.2, 0) is 31.9 Å². The van der Waals surface area contributed by atoms with Gasteiger partial charge in [-0.1, -0.05) is 24.3 Å². The molecule has 9 heteroatoms. The zero-order chi connectivity index (χ0) is 18.2. The minimum absolute atomic E-state index is 0. The molecule has 1 amide bonds. The summed E-state index contributed by atoms with van der Waals surface area (Å²) in [5.41, 5.74) is 6.92. The van der Waals surface area contributed by atoms with E-state index in [9.17, 15) is 13.2 Å². The van der Waals surface area contributed by atoms with Crippen LogP contribution >= 0.6 is 12.4 Å². The number of ether oxygens (including phenoxy) is 1. The maximum absolute atomic E-state index is 12.1. The van der Waals surface area contributed by atoms with Crippen LogP contribution in [0.3, 0.4) is 0 Å². The van der Waals surface area contributed by atoms with Crippen LogP contribution in [0.1, 0.15) is 31.4 Å². The number of nitrogens with one attached hydrogen (secondary N) is 2. The van der Waals surface area contributed by atoms with Gasteiger partial charge in [-0.15, -0.1) is 12.4 Å². The number of amides is 1. The molecule has 25 heavy (non-hydrogen) atoms. The van der Waals surface area contributed by atoms with Crippen LogP contribution in [0.5, 0.6) is 0 Å². The van der Waals surface area contributed by atoms with E-state index in [0.29, 0.717) is 5.56 Å². The van der Waals surface area contributed by atoms with Gasteiger partial charge in [-0.2, -0.15) is 0 Å². The van der Waals surface area contributed by atoms with Gasteiger partial charge in [0.05, 0.1) is 18.3 Å². The molecular formula is C16H28ClN3O4S. The Morgan fingerprint density at radius 3 is 2.36 bits per heavy atom. The number of halogens is 1. The Morgan fingerprint density at radius 1 is 1.24 bits per heavy atom. The summed E-state index contributed by atoms with van der Waals surface area (Å²) in [7, 11) is -1.91. The third-order valence-electron chi connectivity index (χ3n) is 3.36. The molecule has 0 saturated heterocycles. The predicted octanol–water partition coefficient (Wildman–Crippen LogP) is 0.916. The summed E-state index contributed by atoms with van der Waals surface area (Å²) in [4.78, 5) is 11.9. The van der Waals surface area contributed by atoms with Crippen molar-refractivity contribution < 1.29 is 17.9 Å². The fourth-order valence-corrected chi connectivity index (χ4v) is 3.70. The highest BCUT2D eigenvalue weighted by Gasteiger charge is 2.16. The fourth-order valence-electron chi connectivity index (χ4n) is 2.21. The molecule has 0 spiro atoms.